The summed E-state index contributed by atoms with van der Waals surface area (Å²) in [5.74, 6) is -0.515. The van der Waals surface area contributed by atoms with Gasteiger partial charge in [0, 0.05) is 19.4 Å². The number of esters is 1. The summed E-state index contributed by atoms with van der Waals surface area (Å²) in [6.45, 7) is 5.97. The third kappa shape index (κ3) is 3.46. The molecule has 0 N–H and O–H groups in total. The van der Waals surface area contributed by atoms with Gasteiger partial charge in [-0.25, -0.2) is 4.79 Å². The molecule has 0 aromatic heterocycles. The number of rotatable bonds is 7. The van der Waals surface area contributed by atoms with Crippen LogP contribution in [0.1, 0.15) is 28.8 Å². The van der Waals surface area contributed by atoms with Crippen LogP contribution in [0.5, 0.6) is 5.75 Å². The highest BCUT2D eigenvalue weighted by Crippen LogP contribution is 2.45. The molecule has 2 aliphatic heterocycles. The van der Waals surface area contributed by atoms with Crippen molar-refractivity contribution >= 4 is 23.5 Å². The van der Waals surface area contributed by atoms with Crippen LogP contribution in [-0.2, 0) is 14.3 Å². The normalized spacial score (nSPS) is 19.6. The molecule has 2 aliphatic rings. The largest absolute Gasteiger partial charge is 0.490 e. The van der Waals surface area contributed by atoms with Gasteiger partial charge in [0.05, 0.1) is 11.3 Å². The van der Waals surface area contributed by atoms with Gasteiger partial charge in [-0.1, -0.05) is 35.9 Å². The minimum absolute atomic E-state index is 0.00570. The molecule has 1 saturated heterocycles. The maximum absolute atomic E-state index is 13.3. The average Bonchev–Trinajstić information content (AvgIpc) is 3.13. The Bertz CT molecular complexity index is 1030. The molecular formula is C24H24N2O5. The summed E-state index contributed by atoms with van der Waals surface area (Å²) in [5.41, 5.74) is 0.419. The topological polar surface area (TPSA) is 76.2 Å². The van der Waals surface area contributed by atoms with Crippen molar-refractivity contribution in [2.24, 2.45) is 0 Å². The number of carbonyl (C=O) groups excluding carboxylic acids is 3. The molecule has 0 spiro atoms. The Morgan fingerprint density at radius 3 is 2.61 bits per heavy atom. The Labute approximate surface area is 180 Å². The first-order chi connectivity index (χ1) is 15.0. The molecule has 7 nitrogen and oxygen atoms in total. The van der Waals surface area contributed by atoms with Gasteiger partial charge >= 0.3 is 5.97 Å². The number of amides is 2. The van der Waals surface area contributed by atoms with Crippen molar-refractivity contribution < 1.29 is 23.9 Å². The molecule has 2 heterocycles. The molecule has 2 aromatic carbocycles. The molecule has 0 radical (unpaired) electrons. The number of carbonyl (C=O) groups is 3. The Morgan fingerprint density at radius 1 is 1.13 bits per heavy atom. The molecule has 2 amide bonds. The zero-order valence-electron chi connectivity index (χ0n) is 17.4. The maximum Gasteiger partial charge on any atom is 0.353 e. The first-order valence-electron chi connectivity index (χ1n) is 10.2. The fourth-order valence-corrected chi connectivity index (χ4v) is 4.17. The van der Waals surface area contributed by atoms with Crippen LogP contribution >= 0.6 is 0 Å². The van der Waals surface area contributed by atoms with Crippen molar-refractivity contribution in [1.29, 1.82) is 0 Å². The van der Waals surface area contributed by atoms with E-state index in [-0.39, 0.29) is 44.4 Å². The van der Waals surface area contributed by atoms with E-state index in [9.17, 15) is 14.4 Å². The maximum atomic E-state index is 13.3. The van der Waals surface area contributed by atoms with Gasteiger partial charge in [0.2, 0.25) is 11.6 Å². The van der Waals surface area contributed by atoms with E-state index in [4.69, 9.17) is 9.47 Å². The second kappa shape index (κ2) is 8.26. The first-order valence-corrected chi connectivity index (χ1v) is 10.2. The van der Waals surface area contributed by atoms with Crippen molar-refractivity contribution in [3.05, 3.63) is 72.3 Å². The van der Waals surface area contributed by atoms with Crippen molar-refractivity contribution in [1.82, 2.24) is 4.90 Å². The van der Waals surface area contributed by atoms with Gasteiger partial charge in [-0.2, -0.15) is 0 Å². The van der Waals surface area contributed by atoms with Gasteiger partial charge < -0.3 is 14.4 Å². The summed E-state index contributed by atoms with van der Waals surface area (Å²) in [5, 5.41) is 0. The van der Waals surface area contributed by atoms with Gasteiger partial charge in [-0.05, 0) is 31.2 Å². The van der Waals surface area contributed by atoms with Crippen molar-refractivity contribution in [2.45, 2.75) is 25.4 Å². The Kier molecular flexibility index (Phi) is 5.50. The van der Waals surface area contributed by atoms with E-state index in [0.29, 0.717) is 17.0 Å². The highest BCUT2D eigenvalue weighted by atomic mass is 16.6. The molecule has 0 saturated carbocycles. The van der Waals surface area contributed by atoms with E-state index < -0.39 is 11.6 Å². The number of benzene rings is 2. The lowest BCUT2D eigenvalue weighted by molar-refractivity contribution is -0.157. The zero-order valence-corrected chi connectivity index (χ0v) is 17.4. The number of fused-ring (bicyclic) bond motifs is 3. The van der Waals surface area contributed by atoms with Crippen LogP contribution in [0.4, 0.5) is 5.69 Å². The van der Waals surface area contributed by atoms with Gasteiger partial charge in [0.25, 0.3) is 5.91 Å². The van der Waals surface area contributed by atoms with Crippen LogP contribution in [-0.4, -0.2) is 48.1 Å². The Hall–Kier alpha value is -3.61. The molecule has 2 aromatic rings. The first kappa shape index (κ1) is 20.7. The van der Waals surface area contributed by atoms with E-state index >= 15 is 0 Å². The summed E-state index contributed by atoms with van der Waals surface area (Å²) in [7, 11) is 0. The van der Waals surface area contributed by atoms with Crippen LogP contribution in [0, 0.1) is 6.92 Å². The van der Waals surface area contributed by atoms with Crippen molar-refractivity contribution in [3.8, 4) is 5.75 Å². The Morgan fingerprint density at radius 2 is 1.87 bits per heavy atom. The second-order valence-corrected chi connectivity index (χ2v) is 7.56. The van der Waals surface area contributed by atoms with E-state index in [0.717, 1.165) is 5.56 Å². The second-order valence-electron chi connectivity index (χ2n) is 7.56. The Balaban J connectivity index is 1.57. The van der Waals surface area contributed by atoms with Crippen molar-refractivity contribution in [3.63, 3.8) is 0 Å². The summed E-state index contributed by atoms with van der Waals surface area (Å²) < 4.78 is 11.2. The lowest BCUT2D eigenvalue weighted by Gasteiger charge is -2.48. The summed E-state index contributed by atoms with van der Waals surface area (Å²) in [6, 6.07) is 14.4. The molecule has 1 fully saturated rings. The smallest absolute Gasteiger partial charge is 0.353 e. The number of hydrogen-bond acceptors (Lipinski definition) is 5. The highest BCUT2D eigenvalue weighted by Gasteiger charge is 2.61. The SMILES string of the molecule is C=CCN1C(=O)c2ccccc2N2C(=O)CC[C@]12C(=O)OCCOc1ccc(C)cc1. The van der Waals surface area contributed by atoms with E-state index in [1.807, 2.05) is 31.2 Å². The molecule has 160 valence electrons. The minimum atomic E-state index is -1.51. The van der Waals surface area contributed by atoms with Crippen molar-refractivity contribution in [2.75, 3.05) is 24.7 Å². The van der Waals surface area contributed by atoms with Crippen LogP contribution in [0.15, 0.2) is 61.2 Å². The number of ether oxygens (including phenoxy) is 2. The zero-order chi connectivity index (χ0) is 22.0. The van der Waals surface area contributed by atoms with E-state index in [1.54, 1.807) is 30.3 Å². The lowest BCUT2D eigenvalue weighted by atomic mass is 9.96. The van der Waals surface area contributed by atoms with Crippen LogP contribution in [0.25, 0.3) is 0 Å². The minimum Gasteiger partial charge on any atom is -0.490 e. The standard InChI is InChI=1S/C24H24N2O5/c1-3-14-25-22(28)19-6-4-5-7-20(19)26-21(27)12-13-24(25,26)23(29)31-16-15-30-18-10-8-17(2)9-11-18/h3-11H,1,12-16H2,2H3/t24-/m0/s1. The van der Waals surface area contributed by atoms with Crippen LogP contribution < -0.4 is 9.64 Å². The molecular weight excluding hydrogens is 396 g/mol. The number of para-hydroxylation sites is 1. The monoisotopic (exact) mass is 420 g/mol. The average molecular weight is 420 g/mol. The fourth-order valence-electron chi connectivity index (χ4n) is 4.17. The third-order valence-corrected chi connectivity index (χ3v) is 5.62. The van der Waals surface area contributed by atoms with E-state index in [1.165, 1.54) is 9.80 Å². The van der Waals surface area contributed by atoms with E-state index in [2.05, 4.69) is 6.58 Å². The fraction of sp³-hybridized carbons (Fsp3) is 0.292. The molecule has 4 rings (SSSR count). The summed E-state index contributed by atoms with van der Waals surface area (Å²) in [6.07, 6.45) is 1.85. The van der Waals surface area contributed by atoms with Gasteiger partial charge in [-0.3, -0.25) is 14.5 Å². The van der Waals surface area contributed by atoms with Gasteiger partial charge in [-0.15, -0.1) is 6.58 Å². The predicted octanol–water partition coefficient (Wildman–Crippen LogP) is 3.08. The number of hydrogen-bond donors (Lipinski definition) is 0. The summed E-state index contributed by atoms with van der Waals surface area (Å²) in [4.78, 5) is 42.2. The van der Waals surface area contributed by atoms with Gasteiger partial charge in [0.1, 0.15) is 19.0 Å². The molecule has 0 aliphatic carbocycles. The third-order valence-electron chi connectivity index (χ3n) is 5.62. The van der Waals surface area contributed by atoms with Crippen LogP contribution in [0.3, 0.4) is 0 Å². The lowest BCUT2D eigenvalue weighted by Crippen LogP contribution is -2.68. The molecule has 1 atom stereocenters. The molecule has 7 heteroatoms. The number of anilines is 1. The predicted molar refractivity (Wildman–Crippen MR) is 115 cm³/mol. The molecule has 0 unspecified atom stereocenters. The van der Waals surface area contributed by atoms with Gasteiger partial charge in [0.15, 0.2) is 0 Å². The molecule has 31 heavy (non-hydrogen) atoms. The quantitative estimate of drug-likeness (QED) is 0.391. The number of nitrogens with zero attached hydrogens (tertiary/aromatic N) is 2. The highest BCUT2D eigenvalue weighted by molar-refractivity contribution is 6.15. The molecule has 0 bridgehead atoms. The summed E-state index contributed by atoms with van der Waals surface area (Å²) >= 11 is 0. The number of aryl methyl sites for hydroxylation is 1. The van der Waals surface area contributed by atoms with Crippen LogP contribution in [0.2, 0.25) is 0 Å².